The molecule has 1 aliphatic carbocycles. The van der Waals surface area contributed by atoms with Gasteiger partial charge in [0, 0.05) is 22.5 Å². The first-order valence-corrected chi connectivity index (χ1v) is 7.37. The molecule has 1 fully saturated rings. The molecule has 22 heavy (non-hydrogen) atoms. The zero-order valence-corrected chi connectivity index (χ0v) is 12.5. The minimum Gasteiger partial charge on any atom is -0.351 e. The van der Waals surface area contributed by atoms with Crippen LogP contribution in [0.25, 0.3) is 0 Å². The van der Waals surface area contributed by atoms with E-state index in [0.717, 1.165) is 30.5 Å². The average Bonchev–Trinajstić information content (AvgIpc) is 3.29. The Labute approximate surface area is 132 Å². The van der Waals surface area contributed by atoms with Crippen LogP contribution in [0.3, 0.4) is 0 Å². The van der Waals surface area contributed by atoms with Crippen molar-refractivity contribution in [2.45, 2.75) is 18.3 Å². The van der Waals surface area contributed by atoms with E-state index in [1.165, 1.54) is 6.07 Å². The fourth-order valence-corrected chi connectivity index (χ4v) is 2.72. The molecule has 1 N–H and O–H groups in total. The summed E-state index contributed by atoms with van der Waals surface area (Å²) in [5.74, 6) is -2.40. The average molecular weight is 322 g/mol. The molecule has 5 heteroatoms. The summed E-state index contributed by atoms with van der Waals surface area (Å²) in [5, 5.41) is 3.46. The van der Waals surface area contributed by atoms with Crippen molar-refractivity contribution in [3.05, 3.63) is 70.2 Å². The zero-order chi connectivity index (χ0) is 15.7. The van der Waals surface area contributed by atoms with Gasteiger partial charge in [-0.25, -0.2) is 8.78 Å². The topological polar surface area (TPSA) is 29.1 Å². The van der Waals surface area contributed by atoms with Crippen LogP contribution in [0.5, 0.6) is 0 Å². The van der Waals surface area contributed by atoms with Crippen LogP contribution >= 0.6 is 11.6 Å². The first-order chi connectivity index (χ1) is 10.5. The summed E-state index contributed by atoms with van der Waals surface area (Å²) in [7, 11) is 0. The maximum atomic E-state index is 13.2. The maximum absolute atomic E-state index is 13.2. The van der Waals surface area contributed by atoms with Crippen molar-refractivity contribution in [3.63, 3.8) is 0 Å². The van der Waals surface area contributed by atoms with Crippen molar-refractivity contribution in [1.82, 2.24) is 5.32 Å². The first kappa shape index (κ1) is 15.0. The highest BCUT2D eigenvalue weighted by molar-refractivity contribution is 6.30. The Morgan fingerprint density at radius 3 is 2.55 bits per heavy atom. The van der Waals surface area contributed by atoms with Gasteiger partial charge in [0.2, 0.25) is 0 Å². The Morgan fingerprint density at radius 1 is 1.14 bits per heavy atom. The van der Waals surface area contributed by atoms with Crippen molar-refractivity contribution in [1.29, 1.82) is 0 Å². The van der Waals surface area contributed by atoms with Gasteiger partial charge in [-0.15, -0.1) is 0 Å². The van der Waals surface area contributed by atoms with Gasteiger partial charge < -0.3 is 5.32 Å². The van der Waals surface area contributed by atoms with E-state index in [0.29, 0.717) is 11.6 Å². The van der Waals surface area contributed by atoms with Crippen molar-refractivity contribution in [2.75, 3.05) is 6.54 Å². The summed E-state index contributed by atoms with van der Waals surface area (Å²) < 4.78 is 26.1. The normalized spacial score (nSPS) is 15.4. The SMILES string of the molecule is O=C(NCC1(c2cccc(Cl)c2)CC1)c1ccc(F)c(F)c1. The summed E-state index contributed by atoms with van der Waals surface area (Å²) in [5.41, 5.74) is 1.10. The number of nitrogens with one attached hydrogen (secondary N) is 1. The molecule has 0 radical (unpaired) electrons. The van der Waals surface area contributed by atoms with Gasteiger partial charge in [0.25, 0.3) is 5.91 Å². The van der Waals surface area contributed by atoms with Crippen molar-refractivity contribution in [2.24, 2.45) is 0 Å². The van der Waals surface area contributed by atoms with E-state index in [-0.39, 0.29) is 11.0 Å². The predicted molar refractivity (Wildman–Crippen MR) is 81.1 cm³/mol. The fourth-order valence-electron chi connectivity index (χ4n) is 2.53. The molecule has 3 rings (SSSR count). The number of carbonyl (C=O) groups is 1. The van der Waals surface area contributed by atoms with Crippen molar-refractivity contribution < 1.29 is 13.6 Å². The third kappa shape index (κ3) is 2.97. The molecule has 0 aliphatic heterocycles. The molecule has 1 amide bonds. The smallest absolute Gasteiger partial charge is 0.251 e. The van der Waals surface area contributed by atoms with Crippen LogP contribution in [-0.4, -0.2) is 12.5 Å². The van der Waals surface area contributed by atoms with E-state index in [9.17, 15) is 13.6 Å². The molecule has 0 heterocycles. The molecule has 0 aromatic heterocycles. The Hall–Kier alpha value is -1.94. The highest BCUT2D eigenvalue weighted by Gasteiger charge is 2.44. The molecule has 1 aliphatic rings. The van der Waals surface area contributed by atoms with E-state index in [1.54, 1.807) is 6.07 Å². The Kier molecular flexibility index (Phi) is 3.87. The Balaban J connectivity index is 1.69. The Morgan fingerprint density at radius 2 is 1.91 bits per heavy atom. The van der Waals surface area contributed by atoms with E-state index >= 15 is 0 Å². The number of halogens is 3. The summed E-state index contributed by atoms with van der Waals surface area (Å²) in [6, 6.07) is 10.7. The second-order valence-electron chi connectivity index (χ2n) is 5.60. The molecular weight excluding hydrogens is 308 g/mol. The minimum absolute atomic E-state index is 0.0981. The fraction of sp³-hybridized carbons (Fsp3) is 0.235. The highest BCUT2D eigenvalue weighted by Crippen LogP contribution is 2.48. The second-order valence-corrected chi connectivity index (χ2v) is 6.04. The Bertz CT molecular complexity index is 728. The quantitative estimate of drug-likeness (QED) is 0.903. The predicted octanol–water partition coefficient (Wildman–Crippen LogP) is 4.08. The van der Waals surface area contributed by atoms with Gasteiger partial charge in [0.05, 0.1) is 0 Å². The third-order valence-corrected chi connectivity index (χ3v) is 4.29. The van der Waals surface area contributed by atoms with E-state index in [1.807, 2.05) is 18.2 Å². The van der Waals surface area contributed by atoms with Crippen LogP contribution in [0, 0.1) is 11.6 Å². The van der Waals surface area contributed by atoms with Crippen molar-refractivity contribution in [3.8, 4) is 0 Å². The molecule has 0 spiro atoms. The van der Waals surface area contributed by atoms with Crippen LogP contribution < -0.4 is 5.32 Å². The van der Waals surface area contributed by atoms with Gasteiger partial charge in [-0.3, -0.25) is 4.79 Å². The number of rotatable bonds is 4. The largest absolute Gasteiger partial charge is 0.351 e. The lowest BCUT2D eigenvalue weighted by Gasteiger charge is -2.17. The van der Waals surface area contributed by atoms with E-state index in [2.05, 4.69) is 5.32 Å². The molecular formula is C17H14ClF2NO. The van der Waals surface area contributed by atoms with Gasteiger partial charge in [-0.1, -0.05) is 23.7 Å². The molecule has 0 saturated heterocycles. The van der Waals surface area contributed by atoms with Gasteiger partial charge >= 0.3 is 0 Å². The summed E-state index contributed by atoms with van der Waals surface area (Å²) in [6.45, 7) is 0.450. The summed E-state index contributed by atoms with van der Waals surface area (Å²) in [6.07, 6.45) is 1.93. The maximum Gasteiger partial charge on any atom is 0.251 e. The van der Waals surface area contributed by atoms with Crippen LogP contribution in [-0.2, 0) is 5.41 Å². The van der Waals surface area contributed by atoms with E-state index < -0.39 is 17.5 Å². The van der Waals surface area contributed by atoms with Crippen molar-refractivity contribution >= 4 is 17.5 Å². The molecule has 0 atom stereocenters. The van der Waals surface area contributed by atoms with Crippen LogP contribution in [0.2, 0.25) is 5.02 Å². The lowest BCUT2D eigenvalue weighted by atomic mass is 9.96. The van der Waals surface area contributed by atoms with Crippen LogP contribution in [0.15, 0.2) is 42.5 Å². The lowest BCUT2D eigenvalue weighted by Crippen LogP contribution is -2.32. The summed E-state index contributed by atoms with van der Waals surface area (Å²) in [4.78, 5) is 12.1. The second kappa shape index (κ2) is 5.69. The minimum atomic E-state index is -1.02. The number of amides is 1. The molecule has 2 aromatic carbocycles. The molecule has 2 nitrogen and oxygen atoms in total. The van der Waals surface area contributed by atoms with Gasteiger partial charge in [0.1, 0.15) is 0 Å². The van der Waals surface area contributed by atoms with Crippen LogP contribution in [0.1, 0.15) is 28.8 Å². The van der Waals surface area contributed by atoms with Gasteiger partial charge in [-0.05, 0) is 48.7 Å². The zero-order valence-electron chi connectivity index (χ0n) is 11.7. The standard InChI is InChI=1S/C17H14ClF2NO/c18-13-3-1-2-12(9-13)17(6-7-17)10-21-16(22)11-4-5-14(19)15(20)8-11/h1-5,8-9H,6-7,10H2,(H,21,22). The monoisotopic (exact) mass is 321 g/mol. The third-order valence-electron chi connectivity index (χ3n) is 4.06. The molecule has 114 valence electrons. The molecule has 0 bridgehead atoms. The molecule has 2 aromatic rings. The lowest BCUT2D eigenvalue weighted by molar-refractivity contribution is 0.0949. The first-order valence-electron chi connectivity index (χ1n) is 6.99. The number of hydrogen-bond donors (Lipinski definition) is 1. The number of hydrogen-bond acceptors (Lipinski definition) is 1. The van der Waals surface area contributed by atoms with Gasteiger partial charge in [0.15, 0.2) is 11.6 Å². The number of carbonyl (C=O) groups excluding carboxylic acids is 1. The molecule has 0 unspecified atom stereocenters. The number of benzene rings is 2. The van der Waals surface area contributed by atoms with E-state index in [4.69, 9.17) is 11.6 Å². The summed E-state index contributed by atoms with van der Waals surface area (Å²) >= 11 is 6.00. The molecule has 1 saturated carbocycles. The highest BCUT2D eigenvalue weighted by atomic mass is 35.5. The van der Waals surface area contributed by atoms with Crippen LogP contribution in [0.4, 0.5) is 8.78 Å². The van der Waals surface area contributed by atoms with Gasteiger partial charge in [-0.2, -0.15) is 0 Å².